The number of unbranched alkanes of at least 4 members (excludes halogenated alkanes) is 1. The molecule has 0 aromatic heterocycles. The highest BCUT2D eigenvalue weighted by atomic mass is 32.2. The van der Waals surface area contributed by atoms with Crippen LogP contribution in [0.5, 0.6) is 0 Å². The van der Waals surface area contributed by atoms with Crippen molar-refractivity contribution in [3.8, 4) is 0 Å². The summed E-state index contributed by atoms with van der Waals surface area (Å²) in [5.74, 6) is 0.565. The standard InChI is InChI=1S/C36H38O2S/c1-5-6-25-38-34(37)18-12-17-32(28-13-8-7-9-14-28)35-31-16-11-10-15-29(31)21-24-33(35)39-26-27-19-22-30(23-20-27)36(2,3)4/h7-24H,5-6,25-26H2,1-4H3/b18-12+,32-17-. The number of thioether (sulfide) groups is 1. The van der Waals surface area contributed by atoms with Crippen LogP contribution in [0, 0.1) is 0 Å². The maximum Gasteiger partial charge on any atom is 0.330 e. The molecular weight excluding hydrogens is 496 g/mol. The molecule has 0 aliphatic rings. The lowest BCUT2D eigenvalue weighted by Crippen LogP contribution is -2.10. The molecule has 0 fully saturated rings. The molecule has 0 spiro atoms. The van der Waals surface area contributed by atoms with Crippen LogP contribution >= 0.6 is 11.8 Å². The van der Waals surface area contributed by atoms with Gasteiger partial charge in [0.25, 0.3) is 0 Å². The Morgan fingerprint density at radius 3 is 2.31 bits per heavy atom. The van der Waals surface area contributed by atoms with Gasteiger partial charge in [0.15, 0.2) is 0 Å². The number of esters is 1. The second kappa shape index (κ2) is 13.5. The molecule has 0 aliphatic carbocycles. The molecule has 0 unspecified atom stereocenters. The minimum Gasteiger partial charge on any atom is -0.463 e. The first-order valence-electron chi connectivity index (χ1n) is 13.7. The predicted molar refractivity (Wildman–Crippen MR) is 167 cm³/mol. The Balaban J connectivity index is 1.72. The van der Waals surface area contributed by atoms with Gasteiger partial charge < -0.3 is 4.74 Å². The summed E-state index contributed by atoms with van der Waals surface area (Å²) < 4.78 is 5.33. The fourth-order valence-electron chi connectivity index (χ4n) is 4.44. The highest BCUT2D eigenvalue weighted by Crippen LogP contribution is 2.39. The lowest BCUT2D eigenvalue weighted by atomic mass is 9.87. The van der Waals surface area contributed by atoms with Gasteiger partial charge in [-0.25, -0.2) is 4.79 Å². The first kappa shape index (κ1) is 28.4. The molecule has 2 nitrogen and oxygen atoms in total. The molecule has 4 rings (SSSR count). The summed E-state index contributed by atoms with van der Waals surface area (Å²) in [6, 6.07) is 32.3. The van der Waals surface area contributed by atoms with E-state index in [1.807, 2.05) is 30.0 Å². The van der Waals surface area contributed by atoms with Crippen LogP contribution in [-0.4, -0.2) is 12.6 Å². The smallest absolute Gasteiger partial charge is 0.330 e. The van der Waals surface area contributed by atoms with Crippen LogP contribution in [0.25, 0.3) is 16.3 Å². The molecule has 0 atom stereocenters. The number of benzene rings is 4. The average Bonchev–Trinajstić information content (AvgIpc) is 2.94. The third kappa shape index (κ3) is 7.74. The van der Waals surface area contributed by atoms with Gasteiger partial charge in [0.05, 0.1) is 6.61 Å². The summed E-state index contributed by atoms with van der Waals surface area (Å²) in [5, 5.41) is 2.38. The van der Waals surface area contributed by atoms with Crippen LogP contribution in [0.2, 0.25) is 0 Å². The van der Waals surface area contributed by atoms with Gasteiger partial charge >= 0.3 is 5.97 Å². The zero-order valence-electron chi connectivity index (χ0n) is 23.4. The van der Waals surface area contributed by atoms with Crippen molar-refractivity contribution >= 4 is 34.1 Å². The van der Waals surface area contributed by atoms with Crippen molar-refractivity contribution in [2.24, 2.45) is 0 Å². The molecule has 4 aromatic rings. The first-order chi connectivity index (χ1) is 18.9. The molecule has 0 N–H and O–H groups in total. The number of fused-ring (bicyclic) bond motifs is 1. The van der Waals surface area contributed by atoms with E-state index < -0.39 is 0 Å². The number of hydrogen-bond acceptors (Lipinski definition) is 3. The third-order valence-corrected chi connectivity index (χ3v) is 7.83. The SMILES string of the molecule is CCCCOC(=O)/C=C/C=C(/c1ccccc1)c1c(SCc2ccc(C(C)(C)C)cc2)ccc2ccccc12. The van der Waals surface area contributed by atoms with Crippen LogP contribution < -0.4 is 0 Å². The molecular formula is C36H38O2S. The van der Waals surface area contributed by atoms with Crippen LogP contribution in [0.4, 0.5) is 0 Å². The maximum absolute atomic E-state index is 12.3. The van der Waals surface area contributed by atoms with E-state index in [9.17, 15) is 4.79 Å². The van der Waals surface area contributed by atoms with E-state index in [1.165, 1.54) is 38.4 Å². The van der Waals surface area contributed by atoms with E-state index in [4.69, 9.17) is 4.74 Å². The minimum absolute atomic E-state index is 0.141. The van der Waals surface area contributed by atoms with Crippen molar-refractivity contribution in [1.29, 1.82) is 0 Å². The van der Waals surface area contributed by atoms with E-state index in [0.717, 1.165) is 29.7 Å². The van der Waals surface area contributed by atoms with Gasteiger partial charge in [0.1, 0.15) is 0 Å². The van der Waals surface area contributed by atoms with Crippen molar-refractivity contribution < 1.29 is 9.53 Å². The molecule has 200 valence electrons. The number of hydrogen-bond donors (Lipinski definition) is 0. The molecule has 0 heterocycles. The monoisotopic (exact) mass is 534 g/mol. The van der Waals surface area contributed by atoms with Gasteiger partial charge in [-0.2, -0.15) is 0 Å². The topological polar surface area (TPSA) is 26.3 Å². The summed E-state index contributed by atoms with van der Waals surface area (Å²) in [7, 11) is 0. The summed E-state index contributed by atoms with van der Waals surface area (Å²) in [6.45, 7) is 9.27. The molecule has 0 saturated heterocycles. The van der Waals surface area contributed by atoms with Crippen molar-refractivity contribution in [2.75, 3.05) is 6.61 Å². The summed E-state index contributed by atoms with van der Waals surface area (Å²) in [6.07, 6.45) is 7.25. The number of carbonyl (C=O) groups excluding carboxylic acids is 1. The van der Waals surface area contributed by atoms with E-state index in [1.54, 1.807) is 0 Å². The Morgan fingerprint density at radius 1 is 0.872 bits per heavy atom. The number of allylic oxidation sites excluding steroid dienone is 2. The highest BCUT2D eigenvalue weighted by molar-refractivity contribution is 7.98. The summed E-state index contributed by atoms with van der Waals surface area (Å²) in [4.78, 5) is 13.5. The first-order valence-corrected chi connectivity index (χ1v) is 14.7. The van der Waals surface area contributed by atoms with Gasteiger partial charge in [0, 0.05) is 22.3 Å². The quantitative estimate of drug-likeness (QED) is 0.0666. The molecule has 0 amide bonds. The fourth-order valence-corrected chi connectivity index (χ4v) is 5.48. The van der Waals surface area contributed by atoms with Gasteiger partial charge in [-0.1, -0.05) is 131 Å². The Bertz CT molecular complexity index is 1440. The van der Waals surface area contributed by atoms with Crippen LogP contribution in [0.15, 0.2) is 114 Å². The molecule has 0 radical (unpaired) electrons. The Hall–Kier alpha value is -3.56. The fraction of sp³-hybridized carbons (Fsp3) is 0.250. The Labute approximate surface area is 237 Å². The van der Waals surface area contributed by atoms with Crippen LogP contribution in [-0.2, 0) is 20.7 Å². The molecule has 0 aliphatic heterocycles. The van der Waals surface area contributed by atoms with Crippen molar-refractivity contribution in [1.82, 2.24) is 0 Å². The zero-order valence-corrected chi connectivity index (χ0v) is 24.3. The second-order valence-corrected chi connectivity index (χ2v) is 11.7. The van der Waals surface area contributed by atoms with E-state index in [2.05, 4.69) is 113 Å². The number of ether oxygens (including phenoxy) is 1. The Morgan fingerprint density at radius 2 is 1.59 bits per heavy atom. The lowest BCUT2D eigenvalue weighted by Gasteiger charge is -2.19. The van der Waals surface area contributed by atoms with Gasteiger partial charge in [-0.3, -0.25) is 0 Å². The van der Waals surface area contributed by atoms with Crippen molar-refractivity contribution in [2.45, 2.75) is 56.6 Å². The second-order valence-electron chi connectivity index (χ2n) is 10.7. The van der Waals surface area contributed by atoms with Gasteiger partial charge in [0.2, 0.25) is 0 Å². The lowest BCUT2D eigenvalue weighted by molar-refractivity contribution is -0.137. The molecule has 4 aromatic carbocycles. The van der Waals surface area contributed by atoms with Gasteiger partial charge in [-0.05, 0) is 50.9 Å². The van der Waals surface area contributed by atoms with Crippen molar-refractivity contribution in [3.05, 3.63) is 131 Å². The third-order valence-electron chi connectivity index (χ3n) is 6.70. The highest BCUT2D eigenvalue weighted by Gasteiger charge is 2.16. The van der Waals surface area contributed by atoms with E-state index in [-0.39, 0.29) is 11.4 Å². The Kier molecular flexibility index (Phi) is 9.84. The average molecular weight is 535 g/mol. The normalized spacial score (nSPS) is 12.3. The van der Waals surface area contributed by atoms with E-state index in [0.29, 0.717) is 6.61 Å². The molecule has 39 heavy (non-hydrogen) atoms. The predicted octanol–water partition coefficient (Wildman–Crippen LogP) is 9.76. The molecule has 3 heteroatoms. The van der Waals surface area contributed by atoms with Crippen molar-refractivity contribution in [3.63, 3.8) is 0 Å². The number of carbonyl (C=O) groups is 1. The van der Waals surface area contributed by atoms with Crippen LogP contribution in [0.3, 0.4) is 0 Å². The molecule has 0 saturated carbocycles. The van der Waals surface area contributed by atoms with Crippen LogP contribution in [0.1, 0.15) is 62.8 Å². The van der Waals surface area contributed by atoms with Gasteiger partial charge in [-0.15, -0.1) is 11.8 Å². The molecule has 0 bridgehead atoms. The maximum atomic E-state index is 12.3. The van der Waals surface area contributed by atoms with E-state index >= 15 is 0 Å². The number of rotatable bonds is 10. The minimum atomic E-state index is -0.307. The largest absolute Gasteiger partial charge is 0.463 e. The summed E-state index contributed by atoms with van der Waals surface area (Å²) in [5.41, 5.74) is 6.15. The zero-order chi connectivity index (χ0) is 27.7. The summed E-state index contributed by atoms with van der Waals surface area (Å²) >= 11 is 1.85.